The number of fused-ring (bicyclic) bond motifs is 1. The molecule has 1 aliphatic heterocycles. The number of hydrogen-bond donors (Lipinski definition) is 1. The molecule has 0 aliphatic carbocycles. The number of nitrogens with zero attached hydrogens (tertiary/aromatic N) is 4. The van der Waals surface area contributed by atoms with E-state index in [0.29, 0.717) is 5.92 Å². The van der Waals surface area contributed by atoms with E-state index in [9.17, 15) is 0 Å². The van der Waals surface area contributed by atoms with Gasteiger partial charge in [-0.2, -0.15) is 0 Å². The number of piperidine rings is 1. The van der Waals surface area contributed by atoms with Crippen molar-refractivity contribution in [3.8, 4) is 0 Å². The van der Waals surface area contributed by atoms with E-state index in [1.165, 1.54) is 12.8 Å². The average Bonchev–Trinajstić information content (AvgIpc) is 2.74. The Labute approximate surface area is 87.5 Å². The minimum absolute atomic E-state index is 0.470. The molecule has 1 unspecified atom stereocenters. The molecule has 3 rings (SSSR count). The summed E-state index contributed by atoms with van der Waals surface area (Å²) in [5.41, 5.74) is 0.880. The van der Waals surface area contributed by atoms with E-state index in [0.717, 1.165) is 24.6 Å². The highest BCUT2D eigenvalue weighted by Crippen LogP contribution is 2.21. The molecule has 0 bridgehead atoms. The van der Waals surface area contributed by atoms with Gasteiger partial charge in [0.2, 0.25) is 0 Å². The first-order valence-electron chi connectivity index (χ1n) is 5.30. The lowest BCUT2D eigenvalue weighted by Gasteiger charge is -2.20. The van der Waals surface area contributed by atoms with Crippen molar-refractivity contribution in [3.05, 3.63) is 24.4 Å². The molecule has 0 amide bonds. The van der Waals surface area contributed by atoms with Crippen LogP contribution in [0.15, 0.2) is 18.6 Å². The number of aromatic nitrogens is 4. The van der Waals surface area contributed by atoms with Gasteiger partial charge in [0, 0.05) is 24.7 Å². The first-order chi connectivity index (χ1) is 7.45. The van der Waals surface area contributed by atoms with Crippen molar-refractivity contribution in [3.63, 3.8) is 0 Å². The summed E-state index contributed by atoms with van der Waals surface area (Å²) >= 11 is 0. The molecule has 1 N–H and O–H groups in total. The van der Waals surface area contributed by atoms with Crippen molar-refractivity contribution in [2.75, 3.05) is 13.1 Å². The molecule has 1 saturated heterocycles. The third-order valence-corrected chi connectivity index (χ3v) is 2.90. The molecule has 1 fully saturated rings. The molecule has 5 heteroatoms. The van der Waals surface area contributed by atoms with Gasteiger partial charge in [-0.1, -0.05) is 0 Å². The van der Waals surface area contributed by atoms with Crippen LogP contribution in [0.2, 0.25) is 0 Å². The molecular weight excluding hydrogens is 190 g/mol. The molecule has 3 heterocycles. The zero-order valence-electron chi connectivity index (χ0n) is 8.43. The molecule has 0 spiro atoms. The Morgan fingerprint density at radius 1 is 1.40 bits per heavy atom. The maximum atomic E-state index is 4.25. The van der Waals surface area contributed by atoms with Crippen molar-refractivity contribution in [2.45, 2.75) is 18.8 Å². The Kier molecular flexibility index (Phi) is 2.10. The van der Waals surface area contributed by atoms with E-state index in [2.05, 4.69) is 20.5 Å². The van der Waals surface area contributed by atoms with Gasteiger partial charge in [0.05, 0.1) is 0 Å². The second-order valence-electron chi connectivity index (χ2n) is 3.91. The Morgan fingerprint density at radius 3 is 3.27 bits per heavy atom. The number of hydrogen-bond acceptors (Lipinski definition) is 4. The molecule has 0 radical (unpaired) electrons. The first-order valence-corrected chi connectivity index (χ1v) is 5.30. The first kappa shape index (κ1) is 8.79. The van der Waals surface area contributed by atoms with Crippen molar-refractivity contribution < 1.29 is 0 Å². The quantitative estimate of drug-likeness (QED) is 0.737. The van der Waals surface area contributed by atoms with E-state index < -0.39 is 0 Å². The molecule has 2 aromatic rings. The third-order valence-electron chi connectivity index (χ3n) is 2.90. The predicted molar refractivity (Wildman–Crippen MR) is 55.6 cm³/mol. The predicted octanol–water partition coefficient (Wildman–Crippen LogP) is 0.591. The minimum atomic E-state index is 0.470. The van der Waals surface area contributed by atoms with E-state index >= 15 is 0 Å². The molecule has 1 aliphatic rings. The van der Waals surface area contributed by atoms with Crippen molar-refractivity contribution in [1.82, 2.24) is 24.9 Å². The average molecular weight is 203 g/mol. The number of rotatable bonds is 1. The van der Waals surface area contributed by atoms with Crippen LogP contribution in [0.25, 0.3) is 5.65 Å². The lowest BCUT2D eigenvalue weighted by atomic mass is 9.99. The van der Waals surface area contributed by atoms with Crippen LogP contribution < -0.4 is 5.32 Å². The van der Waals surface area contributed by atoms with Gasteiger partial charge in [0.15, 0.2) is 5.65 Å². The second-order valence-corrected chi connectivity index (χ2v) is 3.91. The van der Waals surface area contributed by atoms with Crippen molar-refractivity contribution in [2.24, 2.45) is 0 Å². The van der Waals surface area contributed by atoms with Gasteiger partial charge in [-0.3, -0.25) is 4.40 Å². The summed E-state index contributed by atoms with van der Waals surface area (Å²) in [6, 6.07) is 1.88. The highest BCUT2D eigenvalue weighted by atomic mass is 15.3. The van der Waals surface area contributed by atoms with E-state index in [1.807, 2.05) is 10.5 Å². The van der Waals surface area contributed by atoms with Crippen LogP contribution in [0.3, 0.4) is 0 Å². The van der Waals surface area contributed by atoms with Crippen LogP contribution >= 0.6 is 0 Å². The normalized spacial score (nSPS) is 22.0. The summed E-state index contributed by atoms with van der Waals surface area (Å²) in [6.07, 6.45) is 5.93. The van der Waals surface area contributed by atoms with E-state index in [1.54, 1.807) is 12.5 Å². The van der Waals surface area contributed by atoms with Crippen LogP contribution in [0.4, 0.5) is 0 Å². The lowest BCUT2D eigenvalue weighted by molar-refractivity contribution is 0.444. The van der Waals surface area contributed by atoms with Gasteiger partial charge in [-0.05, 0) is 19.4 Å². The Hall–Kier alpha value is -1.49. The van der Waals surface area contributed by atoms with Crippen LogP contribution in [0.5, 0.6) is 0 Å². The summed E-state index contributed by atoms with van der Waals surface area (Å²) in [7, 11) is 0. The van der Waals surface area contributed by atoms with Crippen molar-refractivity contribution in [1.29, 1.82) is 0 Å². The van der Waals surface area contributed by atoms with Gasteiger partial charge < -0.3 is 5.32 Å². The molecule has 1 atom stereocenters. The van der Waals surface area contributed by atoms with Crippen LogP contribution in [0, 0.1) is 0 Å². The van der Waals surface area contributed by atoms with Crippen molar-refractivity contribution >= 4 is 5.65 Å². The molecular formula is C10H13N5. The summed E-state index contributed by atoms with van der Waals surface area (Å²) in [4.78, 5) is 4.10. The molecule has 78 valence electrons. The summed E-state index contributed by atoms with van der Waals surface area (Å²) in [6.45, 7) is 2.11. The minimum Gasteiger partial charge on any atom is -0.316 e. The highest BCUT2D eigenvalue weighted by Gasteiger charge is 2.20. The largest absolute Gasteiger partial charge is 0.316 e. The zero-order valence-corrected chi connectivity index (χ0v) is 8.43. The standard InChI is InChI=1S/C10H13N5/c1-2-8(6-11-4-1)10-14-13-9-3-5-12-7-15(9)10/h3,5,7-8,11H,1-2,4,6H2. The van der Waals surface area contributed by atoms with Gasteiger partial charge in [0.1, 0.15) is 12.2 Å². The van der Waals surface area contributed by atoms with Crippen LogP contribution in [0.1, 0.15) is 24.6 Å². The van der Waals surface area contributed by atoms with Crippen LogP contribution in [-0.2, 0) is 0 Å². The fourth-order valence-electron chi connectivity index (χ4n) is 2.11. The van der Waals surface area contributed by atoms with E-state index in [4.69, 9.17) is 0 Å². The SMILES string of the molecule is c1cc2nnc(C3CCCNC3)n2cn1. The smallest absolute Gasteiger partial charge is 0.163 e. The number of nitrogens with one attached hydrogen (secondary N) is 1. The highest BCUT2D eigenvalue weighted by molar-refractivity contribution is 5.35. The zero-order chi connectivity index (χ0) is 10.1. The van der Waals surface area contributed by atoms with Crippen LogP contribution in [-0.4, -0.2) is 32.7 Å². The maximum absolute atomic E-state index is 4.25. The summed E-state index contributed by atoms with van der Waals surface area (Å²) in [5.74, 6) is 1.50. The van der Waals surface area contributed by atoms with Gasteiger partial charge in [-0.25, -0.2) is 4.98 Å². The second kappa shape index (κ2) is 3.58. The fraction of sp³-hybridized carbons (Fsp3) is 0.500. The monoisotopic (exact) mass is 203 g/mol. The molecule has 0 saturated carbocycles. The van der Waals surface area contributed by atoms with E-state index in [-0.39, 0.29) is 0 Å². The third kappa shape index (κ3) is 1.48. The van der Waals surface area contributed by atoms with Gasteiger partial charge >= 0.3 is 0 Å². The lowest BCUT2D eigenvalue weighted by Crippen LogP contribution is -2.29. The fourth-order valence-corrected chi connectivity index (χ4v) is 2.11. The topological polar surface area (TPSA) is 55.1 Å². The molecule has 2 aromatic heterocycles. The molecule has 15 heavy (non-hydrogen) atoms. The Bertz CT molecular complexity index is 458. The Balaban J connectivity index is 2.02. The Morgan fingerprint density at radius 2 is 2.40 bits per heavy atom. The molecule has 0 aromatic carbocycles. The summed E-state index contributed by atoms with van der Waals surface area (Å²) in [5, 5.41) is 11.8. The van der Waals surface area contributed by atoms with Gasteiger partial charge in [-0.15, -0.1) is 10.2 Å². The maximum Gasteiger partial charge on any atom is 0.163 e. The summed E-state index contributed by atoms with van der Waals surface area (Å²) < 4.78 is 1.98. The van der Waals surface area contributed by atoms with Gasteiger partial charge in [0.25, 0.3) is 0 Å². The molecule has 5 nitrogen and oxygen atoms in total.